The van der Waals surface area contributed by atoms with Crippen molar-refractivity contribution in [1.29, 1.82) is 0 Å². The maximum atomic E-state index is 12.4. The number of nitrogens with zero attached hydrogens (tertiary/aromatic N) is 1. The van der Waals surface area contributed by atoms with Crippen LogP contribution in [0.1, 0.15) is 28.8 Å². The summed E-state index contributed by atoms with van der Waals surface area (Å²) in [5, 5.41) is 0. The van der Waals surface area contributed by atoms with Gasteiger partial charge in [0.2, 0.25) is 0 Å². The third kappa shape index (κ3) is 2.50. The van der Waals surface area contributed by atoms with E-state index in [0.29, 0.717) is 24.4 Å². The number of carbonyl (C=O) groups excluding carboxylic acids is 2. The van der Waals surface area contributed by atoms with Crippen LogP contribution >= 0.6 is 0 Å². The minimum Gasteiger partial charge on any atom is -0.469 e. The van der Waals surface area contributed by atoms with E-state index < -0.39 is 0 Å². The third-order valence-electron chi connectivity index (χ3n) is 3.67. The van der Waals surface area contributed by atoms with Gasteiger partial charge in [-0.2, -0.15) is 0 Å². The van der Waals surface area contributed by atoms with E-state index in [1.165, 1.54) is 7.11 Å². The lowest BCUT2D eigenvalue weighted by Crippen LogP contribution is -2.30. The molecule has 1 aromatic rings. The lowest BCUT2D eigenvalue weighted by atomic mass is 9.99. The molecule has 1 aromatic heterocycles. The van der Waals surface area contributed by atoms with E-state index in [4.69, 9.17) is 9.15 Å². The largest absolute Gasteiger partial charge is 0.469 e. The molecule has 1 fully saturated rings. The van der Waals surface area contributed by atoms with Gasteiger partial charge in [0, 0.05) is 13.1 Å². The summed E-state index contributed by atoms with van der Waals surface area (Å²) in [4.78, 5) is 25.7. The van der Waals surface area contributed by atoms with Gasteiger partial charge in [-0.05, 0) is 25.8 Å². The summed E-state index contributed by atoms with van der Waals surface area (Å²) in [6.07, 6.45) is 0. The van der Waals surface area contributed by atoms with Crippen molar-refractivity contribution in [1.82, 2.24) is 4.90 Å². The van der Waals surface area contributed by atoms with Crippen molar-refractivity contribution >= 4 is 11.9 Å². The van der Waals surface area contributed by atoms with E-state index in [1.54, 1.807) is 17.9 Å². The van der Waals surface area contributed by atoms with Crippen molar-refractivity contribution in [3.8, 4) is 0 Å². The van der Waals surface area contributed by atoms with Crippen LogP contribution in [-0.2, 0) is 9.53 Å². The minimum atomic E-state index is -0.247. The normalized spacial score (nSPS) is 22.6. The third-order valence-corrected chi connectivity index (χ3v) is 3.67. The maximum Gasteiger partial charge on any atom is 0.310 e. The van der Waals surface area contributed by atoms with Crippen LogP contribution in [0.5, 0.6) is 0 Å². The number of methoxy groups -OCH3 is 1. The Hall–Kier alpha value is -1.78. The highest BCUT2D eigenvalue weighted by atomic mass is 16.5. The van der Waals surface area contributed by atoms with Crippen molar-refractivity contribution in [2.45, 2.75) is 20.8 Å². The van der Waals surface area contributed by atoms with Crippen molar-refractivity contribution < 1.29 is 18.7 Å². The molecule has 2 unspecified atom stereocenters. The van der Waals surface area contributed by atoms with Gasteiger partial charge in [-0.3, -0.25) is 9.59 Å². The zero-order valence-corrected chi connectivity index (χ0v) is 11.7. The fraction of sp³-hybridized carbons (Fsp3) is 0.571. The second kappa shape index (κ2) is 5.07. The molecule has 2 heterocycles. The van der Waals surface area contributed by atoms with Crippen LogP contribution in [0, 0.1) is 25.7 Å². The molecule has 1 aliphatic rings. The van der Waals surface area contributed by atoms with E-state index in [9.17, 15) is 9.59 Å². The molecular weight excluding hydrogens is 246 g/mol. The summed E-state index contributed by atoms with van der Waals surface area (Å²) in [6.45, 7) is 6.53. The van der Waals surface area contributed by atoms with Crippen LogP contribution < -0.4 is 0 Å². The number of rotatable bonds is 2. The van der Waals surface area contributed by atoms with Gasteiger partial charge in [0.1, 0.15) is 11.5 Å². The minimum absolute atomic E-state index is 0.0763. The Morgan fingerprint density at radius 2 is 2.05 bits per heavy atom. The summed E-state index contributed by atoms with van der Waals surface area (Å²) in [5.41, 5.74) is 0.579. The maximum absolute atomic E-state index is 12.4. The Kier molecular flexibility index (Phi) is 3.64. The van der Waals surface area contributed by atoms with E-state index in [2.05, 4.69) is 0 Å². The number of likely N-dealkylation sites (tertiary alicyclic amines) is 1. The molecule has 1 aliphatic heterocycles. The highest BCUT2D eigenvalue weighted by Gasteiger charge is 2.38. The molecule has 0 aromatic carbocycles. The van der Waals surface area contributed by atoms with E-state index in [-0.39, 0.29) is 23.7 Å². The molecule has 0 radical (unpaired) electrons. The van der Waals surface area contributed by atoms with Gasteiger partial charge in [0.25, 0.3) is 5.91 Å². The van der Waals surface area contributed by atoms with Crippen LogP contribution in [0.25, 0.3) is 0 Å². The van der Waals surface area contributed by atoms with Gasteiger partial charge in [-0.25, -0.2) is 0 Å². The zero-order valence-electron chi connectivity index (χ0n) is 11.7. The molecule has 0 saturated carbocycles. The number of aryl methyl sites for hydroxylation is 2. The first-order valence-corrected chi connectivity index (χ1v) is 6.38. The lowest BCUT2D eigenvalue weighted by molar-refractivity contribution is -0.146. The van der Waals surface area contributed by atoms with Crippen molar-refractivity contribution in [2.24, 2.45) is 11.8 Å². The van der Waals surface area contributed by atoms with Gasteiger partial charge in [-0.1, -0.05) is 6.92 Å². The fourth-order valence-corrected chi connectivity index (χ4v) is 2.60. The molecule has 19 heavy (non-hydrogen) atoms. The molecule has 5 heteroatoms. The number of hydrogen-bond acceptors (Lipinski definition) is 4. The SMILES string of the molecule is COC(=O)C1CN(C(=O)c2cc(C)oc2C)CC1C. The Morgan fingerprint density at radius 1 is 1.37 bits per heavy atom. The van der Waals surface area contributed by atoms with Crippen LogP contribution in [-0.4, -0.2) is 37.0 Å². The van der Waals surface area contributed by atoms with Crippen molar-refractivity contribution in [2.75, 3.05) is 20.2 Å². The van der Waals surface area contributed by atoms with Gasteiger partial charge in [-0.15, -0.1) is 0 Å². The van der Waals surface area contributed by atoms with Crippen LogP contribution in [0.15, 0.2) is 10.5 Å². The molecule has 0 bridgehead atoms. The predicted molar refractivity (Wildman–Crippen MR) is 68.8 cm³/mol. The van der Waals surface area contributed by atoms with Crippen LogP contribution in [0.3, 0.4) is 0 Å². The second-order valence-electron chi connectivity index (χ2n) is 5.14. The number of hydrogen-bond donors (Lipinski definition) is 0. The summed E-state index contributed by atoms with van der Waals surface area (Å²) >= 11 is 0. The highest BCUT2D eigenvalue weighted by Crippen LogP contribution is 2.26. The summed E-state index contributed by atoms with van der Waals surface area (Å²) < 4.78 is 10.1. The molecule has 0 aliphatic carbocycles. The zero-order chi connectivity index (χ0) is 14.2. The average molecular weight is 265 g/mol. The molecule has 104 valence electrons. The van der Waals surface area contributed by atoms with Crippen molar-refractivity contribution in [3.63, 3.8) is 0 Å². The quantitative estimate of drug-likeness (QED) is 0.765. The number of ether oxygens (including phenoxy) is 1. The summed E-state index contributed by atoms with van der Waals surface area (Å²) in [7, 11) is 1.38. The van der Waals surface area contributed by atoms with Gasteiger partial charge < -0.3 is 14.1 Å². The van der Waals surface area contributed by atoms with Gasteiger partial charge in [0.05, 0.1) is 18.6 Å². The standard InChI is InChI=1S/C14H19NO4/c1-8-6-15(7-12(8)14(17)18-4)13(16)11-5-9(2)19-10(11)3/h5,8,12H,6-7H2,1-4H3. The molecule has 0 spiro atoms. The van der Waals surface area contributed by atoms with E-state index >= 15 is 0 Å². The lowest BCUT2D eigenvalue weighted by Gasteiger charge is -2.15. The van der Waals surface area contributed by atoms with Crippen LogP contribution in [0.2, 0.25) is 0 Å². The summed E-state index contributed by atoms with van der Waals surface area (Å²) in [6, 6.07) is 1.74. The molecule has 5 nitrogen and oxygen atoms in total. The molecule has 2 rings (SSSR count). The molecule has 2 atom stereocenters. The molecular formula is C14H19NO4. The topological polar surface area (TPSA) is 59.8 Å². The van der Waals surface area contributed by atoms with Crippen LogP contribution in [0.4, 0.5) is 0 Å². The smallest absolute Gasteiger partial charge is 0.310 e. The van der Waals surface area contributed by atoms with E-state index in [0.717, 1.165) is 5.76 Å². The molecule has 0 N–H and O–H groups in total. The highest BCUT2D eigenvalue weighted by molar-refractivity contribution is 5.96. The Bertz CT molecular complexity index is 506. The Balaban J connectivity index is 2.14. The predicted octanol–water partition coefficient (Wildman–Crippen LogP) is 1.78. The number of furan rings is 1. The number of amides is 1. The average Bonchev–Trinajstić information content (AvgIpc) is 2.90. The Labute approximate surface area is 112 Å². The second-order valence-corrected chi connectivity index (χ2v) is 5.14. The molecule has 1 amide bonds. The number of esters is 1. The summed E-state index contributed by atoms with van der Waals surface area (Å²) in [5.74, 6) is 0.900. The first-order chi connectivity index (χ1) is 8.93. The Morgan fingerprint density at radius 3 is 2.58 bits per heavy atom. The number of carbonyl (C=O) groups is 2. The molecule has 1 saturated heterocycles. The van der Waals surface area contributed by atoms with E-state index in [1.807, 2.05) is 13.8 Å². The van der Waals surface area contributed by atoms with Gasteiger partial charge >= 0.3 is 5.97 Å². The first kappa shape index (κ1) is 13.6. The monoisotopic (exact) mass is 265 g/mol. The fourth-order valence-electron chi connectivity index (χ4n) is 2.60. The van der Waals surface area contributed by atoms with Gasteiger partial charge in [0.15, 0.2) is 0 Å². The van der Waals surface area contributed by atoms with Crippen molar-refractivity contribution in [3.05, 3.63) is 23.2 Å². The first-order valence-electron chi connectivity index (χ1n) is 6.38.